The SMILES string of the molecule is Cc1cccc(C(C)C)c1NC(=O)COC(=O)/C=C/c1ccccc1Br. The minimum atomic E-state index is -0.565. The third kappa shape index (κ3) is 5.56. The first kappa shape index (κ1) is 19.9. The third-order valence-corrected chi connectivity index (χ3v) is 4.56. The fraction of sp³-hybridized carbons (Fsp3) is 0.238. The summed E-state index contributed by atoms with van der Waals surface area (Å²) in [6.07, 6.45) is 2.95. The van der Waals surface area contributed by atoms with E-state index in [1.54, 1.807) is 6.08 Å². The van der Waals surface area contributed by atoms with Crippen LogP contribution in [0.15, 0.2) is 53.0 Å². The third-order valence-electron chi connectivity index (χ3n) is 3.84. The number of para-hydroxylation sites is 1. The molecule has 0 saturated carbocycles. The number of amides is 1. The maximum Gasteiger partial charge on any atom is 0.331 e. The number of halogens is 1. The minimum Gasteiger partial charge on any atom is -0.452 e. The number of hydrogen-bond donors (Lipinski definition) is 1. The van der Waals surface area contributed by atoms with Crippen molar-refractivity contribution in [2.24, 2.45) is 0 Å². The van der Waals surface area contributed by atoms with Gasteiger partial charge in [0.05, 0.1) is 0 Å². The standard InChI is InChI=1S/C21H22BrNO3/c1-14(2)17-9-6-7-15(3)21(17)23-19(24)13-26-20(25)12-11-16-8-4-5-10-18(16)22/h4-12,14H,13H2,1-3H3,(H,23,24)/b12-11+. The summed E-state index contributed by atoms with van der Waals surface area (Å²) in [5.41, 5.74) is 3.67. The van der Waals surface area contributed by atoms with Crippen LogP contribution < -0.4 is 5.32 Å². The molecule has 2 rings (SSSR count). The molecule has 0 spiro atoms. The molecule has 0 unspecified atom stereocenters. The van der Waals surface area contributed by atoms with E-state index in [4.69, 9.17) is 4.74 Å². The lowest BCUT2D eigenvalue weighted by Gasteiger charge is -2.16. The number of carbonyl (C=O) groups excluding carboxylic acids is 2. The van der Waals surface area contributed by atoms with Crippen molar-refractivity contribution in [3.8, 4) is 0 Å². The lowest BCUT2D eigenvalue weighted by molar-refractivity contribution is -0.142. The number of ether oxygens (including phenoxy) is 1. The molecule has 1 N–H and O–H groups in total. The second kappa shape index (κ2) is 9.34. The normalized spacial score (nSPS) is 11.0. The maximum absolute atomic E-state index is 12.2. The Kier molecular flexibility index (Phi) is 7.16. The van der Waals surface area contributed by atoms with Crippen LogP contribution >= 0.6 is 15.9 Å². The second-order valence-corrected chi connectivity index (χ2v) is 7.06. The Labute approximate surface area is 162 Å². The van der Waals surface area contributed by atoms with E-state index in [9.17, 15) is 9.59 Å². The number of nitrogens with one attached hydrogen (secondary N) is 1. The molecule has 0 saturated heterocycles. The number of hydrogen-bond acceptors (Lipinski definition) is 3. The molecular formula is C21H22BrNO3. The summed E-state index contributed by atoms with van der Waals surface area (Å²) in [5.74, 6) is -0.645. The molecule has 5 heteroatoms. The first-order valence-electron chi connectivity index (χ1n) is 8.37. The predicted molar refractivity (Wildman–Crippen MR) is 108 cm³/mol. The van der Waals surface area contributed by atoms with Gasteiger partial charge in [-0.15, -0.1) is 0 Å². The summed E-state index contributed by atoms with van der Waals surface area (Å²) in [6, 6.07) is 13.4. The van der Waals surface area contributed by atoms with Gasteiger partial charge in [0.25, 0.3) is 5.91 Å². The van der Waals surface area contributed by atoms with Gasteiger partial charge >= 0.3 is 5.97 Å². The lowest BCUT2D eigenvalue weighted by Crippen LogP contribution is -2.21. The number of anilines is 1. The van der Waals surface area contributed by atoms with E-state index < -0.39 is 5.97 Å². The van der Waals surface area contributed by atoms with Crippen LogP contribution in [0.4, 0.5) is 5.69 Å². The first-order chi connectivity index (χ1) is 12.4. The highest BCUT2D eigenvalue weighted by molar-refractivity contribution is 9.10. The topological polar surface area (TPSA) is 55.4 Å². The number of esters is 1. The summed E-state index contributed by atoms with van der Waals surface area (Å²) < 4.78 is 5.90. The zero-order chi connectivity index (χ0) is 19.1. The molecule has 0 radical (unpaired) electrons. The molecule has 4 nitrogen and oxygen atoms in total. The lowest BCUT2D eigenvalue weighted by atomic mass is 9.98. The Morgan fingerprint density at radius 1 is 1.15 bits per heavy atom. The first-order valence-corrected chi connectivity index (χ1v) is 9.16. The quantitative estimate of drug-likeness (QED) is 0.528. The average Bonchev–Trinajstić information content (AvgIpc) is 2.60. The monoisotopic (exact) mass is 415 g/mol. The van der Waals surface area contributed by atoms with Gasteiger partial charge in [-0.25, -0.2) is 4.79 Å². The molecule has 0 atom stereocenters. The molecule has 2 aromatic rings. The smallest absolute Gasteiger partial charge is 0.331 e. The summed E-state index contributed by atoms with van der Waals surface area (Å²) in [5, 5.41) is 2.85. The van der Waals surface area contributed by atoms with Crippen LogP contribution in [0.1, 0.15) is 36.5 Å². The molecule has 0 aliphatic rings. The van der Waals surface area contributed by atoms with E-state index in [0.29, 0.717) is 0 Å². The summed E-state index contributed by atoms with van der Waals surface area (Å²) in [4.78, 5) is 24.0. The van der Waals surface area contributed by atoms with Crippen molar-refractivity contribution in [2.45, 2.75) is 26.7 Å². The number of carbonyl (C=O) groups is 2. The maximum atomic E-state index is 12.2. The molecule has 0 aliphatic carbocycles. The Balaban J connectivity index is 1.93. The van der Waals surface area contributed by atoms with Crippen molar-refractivity contribution in [1.29, 1.82) is 0 Å². The van der Waals surface area contributed by atoms with Gasteiger partial charge in [-0.1, -0.05) is 66.2 Å². The highest BCUT2D eigenvalue weighted by Crippen LogP contribution is 2.27. The molecule has 2 aromatic carbocycles. The van der Waals surface area contributed by atoms with E-state index in [2.05, 4.69) is 35.1 Å². The predicted octanol–water partition coefficient (Wildman–Crippen LogP) is 5.08. The molecule has 0 aromatic heterocycles. The van der Waals surface area contributed by atoms with Gasteiger partial charge in [-0.05, 0) is 41.7 Å². The van der Waals surface area contributed by atoms with Crippen molar-refractivity contribution in [3.05, 3.63) is 69.7 Å². The Bertz CT molecular complexity index is 828. The van der Waals surface area contributed by atoms with Gasteiger partial charge in [-0.2, -0.15) is 0 Å². The van der Waals surface area contributed by atoms with E-state index in [-0.39, 0.29) is 18.4 Å². The van der Waals surface area contributed by atoms with Gasteiger partial charge in [0.1, 0.15) is 0 Å². The number of rotatable bonds is 6. The zero-order valence-electron chi connectivity index (χ0n) is 15.1. The number of aryl methyl sites for hydroxylation is 1. The van der Waals surface area contributed by atoms with Gasteiger partial charge in [0.2, 0.25) is 0 Å². The second-order valence-electron chi connectivity index (χ2n) is 6.20. The largest absolute Gasteiger partial charge is 0.452 e. The Morgan fingerprint density at radius 3 is 2.58 bits per heavy atom. The van der Waals surface area contributed by atoms with Crippen LogP contribution in [0.25, 0.3) is 6.08 Å². The molecule has 1 amide bonds. The Hall–Kier alpha value is -2.40. The fourth-order valence-electron chi connectivity index (χ4n) is 2.47. The van der Waals surface area contributed by atoms with Crippen molar-refractivity contribution >= 4 is 39.6 Å². The van der Waals surface area contributed by atoms with Crippen molar-refractivity contribution < 1.29 is 14.3 Å². The highest BCUT2D eigenvalue weighted by Gasteiger charge is 2.13. The van der Waals surface area contributed by atoms with Crippen molar-refractivity contribution in [3.63, 3.8) is 0 Å². The van der Waals surface area contributed by atoms with E-state index in [1.807, 2.05) is 49.4 Å². The zero-order valence-corrected chi connectivity index (χ0v) is 16.7. The molecular weight excluding hydrogens is 394 g/mol. The van der Waals surface area contributed by atoms with Crippen LogP contribution in [-0.4, -0.2) is 18.5 Å². The van der Waals surface area contributed by atoms with Gasteiger partial charge in [-0.3, -0.25) is 4.79 Å². The molecule has 0 aliphatic heterocycles. The number of benzene rings is 2. The van der Waals surface area contributed by atoms with Crippen LogP contribution in [0.5, 0.6) is 0 Å². The summed E-state index contributed by atoms with van der Waals surface area (Å²) in [6.45, 7) is 5.74. The van der Waals surface area contributed by atoms with Crippen LogP contribution in [-0.2, 0) is 14.3 Å². The average molecular weight is 416 g/mol. The molecule has 0 heterocycles. The Morgan fingerprint density at radius 2 is 1.88 bits per heavy atom. The van der Waals surface area contributed by atoms with Gasteiger partial charge < -0.3 is 10.1 Å². The van der Waals surface area contributed by atoms with Crippen LogP contribution in [0, 0.1) is 6.92 Å². The van der Waals surface area contributed by atoms with Crippen LogP contribution in [0.2, 0.25) is 0 Å². The van der Waals surface area contributed by atoms with E-state index >= 15 is 0 Å². The van der Waals surface area contributed by atoms with Crippen molar-refractivity contribution in [1.82, 2.24) is 0 Å². The van der Waals surface area contributed by atoms with E-state index in [0.717, 1.165) is 26.9 Å². The van der Waals surface area contributed by atoms with Crippen molar-refractivity contribution in [2.75, 3.05) is 11.9 Å². The van der Waals surface area contributed by atoms with Crippen LogP contribution in [0.3, 0.4) is 0 Å². The molecule has 0 fully saturated rings. The summed E-state index contributed by atoms with van der Waals surface area (Å²) >= 11 is 3.40. The van der Waals surface area contributed by atoms with Gasteiger partial charge in [0.15, 0.2) is 6.61 Å². The molecule has 0 bridgehead atoms. The molecule has 136 valence electrons. The molecule has 26 heavy (non-hydrogen) atoms. The summed E-state index contributed by atoms with van der Waals surface area (Å²) in [7, 11) is 0. The minimum absolute atomic E-state index is 0.278. The van der Waals surface area contributed by atoms with Gasteiger partial charge in [0, 0.05) is 16.2 Å². The fourth-order valence-corrected chi connectivity index (χ4v) is 2.89. The highest BCUT2D eigenvalue weighted by atomic mass is 79.9. The van der Waals surface area contributed by atoms with E-state index in [1.165, 1.54) is 6.08 Å².